The van der Waals surface area contributed by atoms with E-state index in [0.717, 1.165) is 0 Å². The molecule has 2 rings (SSSR count). The quantitative estimate of drug-likeness (QED) is 0.819. The number of fused-ring (bicyclic) bond motifs is 1. The summed E-state index contributed by atoms with van der Waals surface area (Å²) in [6.07, 6.45) is 1.64. The Kier molecular flexibility index (Phi) is 5.24. The molecule has 0 saturated heterocycles. The molecule has 0 fully saturated rings. The Morgan fingerprint density at radius 1 is 1.24 bits per heavy atom. The van der Waals surface area contributed by atoms with E-state index in [9.17, 15) is 8.42 Å². The molecule has 0 amide bonds. The van der Waals surface area contributed by atoms with Crippen molar-refractivity contribution < 1.29 is 13.2 Å². The lowest BCUT2D eigenvalue weighted by Gasteiger charge is -2.21. The first-order valence-electron chi connectivity index (χ1n) is 6.64. The standard InChI is InChI=1S/C14H19N3O3S/c1-20-11-10-17(9-7-15)21(18,19)14-6-2-5-13-12(14)4-3-8-16-13/h2-6,8H,7,9-11,15H2,1H3. The Morgan fingerprint density at radius 2 is 2.05 bits per heavy atom. The van der Waals surface area contributed by atoms with Crippen molar-refractivity contribution in [2.75, 3.05) is 33.4 Å². The molecule has 0 aliphatic rings. The average Bonchev–Trinajstić information content (AvgIpc) is 2.50. The largest absolute Gasteiger partial charge is 0.383 e. The maximum absolute atomic E-state index is 12.8. The Hall–Kier alpha value is -1.54. The van der Waals surface area contributed by atoms with Crippen LogP contribution in [0.2, 0.25) is 0 Å². The molecule has 21 heavy (non-hydrogen) atoms. The van der Waals surface area contributed by atoms with E-state index in [2.05, 4.69) is 4.98 Å². The van der Waals surface area contributed by atoms with Crippen LogP contribution in [0.4, 0.5) is 0 Å². The number of sulfonamides is 1. The smallest absolute Gasteiger partial charge is 0.243 e. The van der Waals surface area contributed by atoms with Crippen molar-refractivity contribution >= 4 is 20.9 Å². The zero-order valence-electron chi connectivity index (χ0n) is 11.9. The lowest BCUT2D eigenvalue weighted by Crippen LogP contribution is -2.37. The highest BCUT2D eigenvalue weighted by atomic mass is 32.2. The van der Waals surface area contributed by atoms with Crippen molar-refractivity contribution in [3.63, 3.8) is 0 Å². The molecule has 0 unspecified atom stereocenters. The molecule has 1 aromatic heterocycles. The molecule has 1 heterocycles. The summed E-state index contributed by atoms with van der Waals surface area (Å²) in [4.78, 5) is 4.44. The molecule has 0 aliphatic carbocycles. The summed E-state index contributed by atoms with van der Waals surface area (Å²) in [6, 6.07) is 8.56. The van der Waals surface area contributed by atoms with Crippen LogP contribution in [0.5, 0.6) is 0 Å². The summed E-state index contributed by atoms with van der Waals surface area (Å²) >= 11 is 0. The predicted molar refractivity (Wildman–Crippen MR) is 81.4 cm³/mol. The number of benzene rings is 1. The third kappa shape index (κ3) is 3.38. The van der Waals surface area contributed by atoms with Crippen LogP contribution in [-0.4, -0.2) is 51.1 Å². The Morgan fingerprint density at radius 3 is 2.76 bits per heavy atom. The fourth-order valence-electron chi connectivity index (χ4n) is 2.13. The summed E-state index contributed by atoms with van der Waals surface area (Å²) in [7, 11) is -2.09. The molecule has 114 valence electrons. The van der Waals surface area contributed by atoms with Gasteiger partial charge in [0.2, 0.25) is 10.0 Å². The minimum Gasteiger partial charge on any atom is -0.383 e. The molecule has 0 radical (unpaired) electrons. The van der Waals surface area contributed by atoms with Crippen molar-refractivity contribution in [1.82, 2.24) is 9.29 Å². The third-order valence-electron chi connectivity index (χ3n) is 3.15. The normalized spacial score (nSPS) is 12.1. The van der Waals surface area contributed by atoms with Gasteiger partial charge in [0, 0.05) is 38.3 Å². The number of nitrogens with two attached hydrogens (primary N) is 1. The van der Waals surface area contributed by atoms with Crippen LogP contribution in [0, 0.1) is 0 Å². The summed E-state index contributed by atoms with van der Waals surface area (Å²) in [6.45, 7) is 1.10. The Labute approximate surface area is 124 Å². The highest BCUT2D eigenvalue weighted by molar-refractivity contribution is 7.89. The third-order valence-corrected chi connectivity index (χ3v) is 5.10. The van der Waals surface area contributed by atoms with E-state index in [1.54, 1.807) is 36.5 Å². The maximum atomic E-state index is 12.8. The first kappa shape index (κ1) is 15.8. The number of rotatable bonds is 7. The number of pyridine rings is 1. The second-order valence-corrected chi connectivity index (χ2v) is 6.42. The van der Waals surface area contributed by atoms with Crippen LogP contribution in [0.3, 0.4) is 0 Å². The van der Waals surface area contributed by atoms with E-state index >= 15 is 0 Å². The molecule has 2 N–H and O–H groups in total. The second-order valence-electron chi connectivity index (χ2n) is 4.51. The second kappa shape index (κ2) is 6.95. The first-order valence-corrected chi connectivity index (χ1v) is 8.08. The molecule has 0 saturated carbocycles. The highest BCUT2D eigenvalue weighted by Gasteiger charge is 2.25. The number of hydrogen-bond donors (Lipinski definition) is 1. The van der Waals surface area contributed by atoms with Crippen LogP contribution in [-0.2, 0) is 14.8 Å². The highest BCUT2D eigenvalue weighted by Crippen LogP contribution is 2.24. The van der Waals surface area contributed by atoms with Gasteiger partial charge < -0.3 is 10.5 Å². The van der Waals surface area contributed by atoms with Gasteiger partial charge in [-0.15, -0.1) is 0 Å². The minimum atomic E-state index is -3.63. The van der Waals surface area contributed by atoms with Gasteiger partial charge in [-0.1, -0.05) is 6.07 Å². The molecule has 2 aromatic rings. The first-order chi connectivity index (χ1) is 10.1. The number of nitrogens with zero attached hydrogens (tertiary/aromatic N) is 2. The van der Waals surface area contributed by atoms with Crippen molar-refractivity contribution in [2.24, 2.45) is 5.73 Å². The lowest BCUT2D eigenvalue weighted by atomic mass is 10.2. The summed E-state index contributed by atoms with van der Waals surface area (Å²) in [5.41, 5.74) is 6.18. The SMILES string of the molecule is COCCN(CCN)S(=O)(=O)c1cccc2ncccc12. The van der Waals surface area contributed by atoms with E-state index in [0.29, 0.717) is 17.5 Å². The number of aromatic nitrogens is 1. The monoisotopic (exact) mass is 309 g/mol. The van der Waals surface area contributed by atoms with Gasteiger partial charge in [-0.2, -0.15) is 4.31 Å². The van der Waals surface area contributed by atoms with Gasteiger partial charge in [-0.05, 0) is 24.3 Å². The van der Waals surface area contributed by atoms with Crippen molar-refractivity contribution in [3.05, 3.63) is 36.5 Å². The lowest BCUT2D eigenvalue weighted by molar-refractivity contribution is 0.180. The average molecular weight is 309 g/mol. The van der Waals surface area contributed by atoms with E-state index < -0.39 is 10.0 Å². The van der Waals surface area contributed by atoms with Crippen LogP contribution in [0.25, 0.3) is 10.9 Å². The van der Waals surface area contributed by atoms with Gasteiger partial charge in [0.15, 0.2) is 0 Å². The summed E-state index contributed by atoms with van der Waals surface area (Å²) in [5.74, 6) is 0. The minimum absolute atomic E-state index is 0.248. The van der Waals surface area contributed by atoms with Crippen LogP contribution in [0.1, 0.15) is 0 Å². The topological polar surface area (TPSA) is 85.5 Å². The van der Waals surface area contributed by atoms with E-state index in [-0.39, 0.29) is 24.5 Å². The Bertz CT molecular complexity index is 698. The van der Waals surface area contributed by atoms with Gasteiger partial charge in [0.05, 0.1) is 17.0 Å². The number of methoxy groups -OCH3 is 1. The van der Waals surface area contributed by atoms with Gasteiger partial charge in [0.25, 0.3) is 0 Å². The molecule has 0 bridgehead atoms. The fourth-order valence-corrected chi connectivity index (χ4v) is 3.77. The van der Waals surface area contributed by atoms with Crippen LogP contribution < -0.4 is 5.73 Å². The summed E-state index contributed by atoms with van der Waals surface area (Å²) < 4.78 is 32.0. The zero-order chi connectivity index (χ0) is 15.3. The van der Waals surface area contributed by atoms with Crippen molar-refractivity contribution in [2.45, 2.75) is 4.90 Å². The predicted octanol–water partition coefficient (Wildman–Crippen LogP) is 0.831. The molecule has 0 spiro atoms. The Balaban J connectivity index is 2.49. The zero-order valence-corrected chi connectivity index (χ0v) is 12.7. The molecule has 0 atom stereocenters. The molecule has 1 aromatic carbocycles. The van der Waals surface area contributed by atoms with Gasteiger partial charge in [-0.25, -0.2) is 8.42 Å². The molecular formula is C14H19N3O3S. The van der Waals surface area contributed by atoms with Crippen LogP contribution >= 0.6 is 0 Å². The van der Waals surface area contributed by atoms with Crippen LogP contribution in [0.15, 0.2) is 41.4 Å². The maximum Gasteiger partial charge on any atom is 0.243 e. The number of hydrogen-bond acceptors (Lipinski definition) is 5. The molecule has 7 heteroatoms. The van der Waals surface area contributed by atoms with E-state index in [4.69, 9.17) is 10.5 Å². The van der Waals surface area contributed by atoms with E-state index in [1.807, 2.05) is 0 Å². The summed E-state index contributed by atoms with van der Waals surface area (Å²) in [5, 5.41) is 0.611. The fraction of sp³-hybridized carbons (Fsp3) is 0.357. The molecule has 6 nitrogen and oxygen atoms in total. The number of ether oxygens (including phenoxy) is 1. The van der Waals surface area contributed by atoms with Crippen molar-refractivity contribution in [1.29, 1.82) is 0 Å². The van der Waals surface area contributed by atoms with E-state index in [1.165, 1.54) is 11.4 Å². The molecular weight excluding hydrogens is 290 g/mol. The van der Waals surface area contributed by atoms with Crippen molar-refractivity contribution in [3.8, 4) is 0 Å². The van der Waals surface area contributed by atoms with Gasteiger partial charge in [-0.3, -0.25) is 4.98 Å². The van der Waals surface area contributed by atoms with Gasteiger partial charge >= 0.3 is 0 Å². The molecule has 0 aliphatic heterocycles. The van der Waals surface area contributed by atoms with Gasteiger partial charge in [0.1, 0.15) is 0 Å².